The van der Waals surface area contributed by atoms with Crippen molar-refractivity contribution < 1.29 is 14.1 Å². The number of rotatable bonds is 5. The molecule has 1 atom stereocenters. The van der Waals surface area contributed by atoms with Gasteiger partial charge in [-0.3, -0.25) is 9.69 Å². The van der Waals surface area contributed by atoms with Crippen LogP contribution in [0.25, 0.3) is 11.5 Å². The van der Waals surface area contributed by atoms with Crippen LogP contribution in [0, 0.1) is 12.3 Å². The number of carbonyl (C=O) groups excluding carboxylic acids is 1. The minimum atomic E-state index is 0.0316. The molecule has 160 valence electrons. The van der Waals surface area contributed by atoms with Gasteiger partial charge >= 0.3 is 0 Å². The fourth-order valence-electron chi connectivity index (χ4n) is 4.74. The van der Waals surface area contributed by atoms with Crippen LogP contribution in [0.1, 0.15) is 23.9 Å². The highest BCUT2D eigenvalue weighted by Crippen LogP contribution is 2.47. The molecule has 3 aromatic rings. The summed E-state index contributed by atoms with van der Waals surface area (Å²) in [4.78, 5) is 21.4. The number of amides is 1. The Bertz CT molecular complexity index is 1080. The van der Waals surface area contributed by atoms with E-state index in [0.29, 0.717) is 11.7 Å². The first-order valence-electron chi connectivity index (χ1n) is 10.6. The van der Waals surface area contributed by atoms with E-state index in [2.05, 4.69) is 22.1 Å². The van der Waals surface area contributed by atoms with E-state index in [-0.39, 0.29) is 24.0 Å². The van der Waals surface area contributed by atoms with E-state index >= 15 is 0 Å². The van der Waals surface area contributed by atoms with Crippen LogP contribution in [0.4, 0.5) is 0 Å². The van der Waals surface area contributed by atoms with E-state index in [1.54, 1.807) is 0 Å². The van der Waals surface area contributed by atoms with Gasteiger partial charge in [0.1, 0.15) is 5.75 Å². The van der Waals surface area contributed by atoms with E-state index in [0.717, 1.165) is 42.9 Å². The Morgan fingerprint density at radius 3 is 2.74 bits per heavy atom. The molecule has 31 heavy (non-hydrogen) atoms. The fourth-order valence-corrected chi connectivity index (χ4v) is 4.74. The second kappa shape index (κ2) is 7.81. The molecule has 1 aromatic heterocycles. The summed E-state index contributed by atoms with van der Waals surface area (Å²) >= 11 is 0. The number of benzene rings is 2. The Morgan fingerprint density at radius 1 is 1.16 bits per heavy atom. The Balaban J connectivity index is 1.18. The lowest BCUT2D eigenvalue weighted by Gasteiger charge is -2.48. The lowest BCUT2D eigenvalue weighted by Crippen LogP contribution is -2.60. The number of nitrogens with zero attached hydrogens (tertiary/aromatic N) is 4. The van der Waals surface area contributed by atoms with E-state index in [1.165, 1.54) is 0 Å². The smallest absolute Gasteiger partial charge is 0.260 e. The molecule has 0 N–H and O–H groups in total. The monoisotopic (exact) mass is 418 g/mol. The molecule has 3 heterocycles. The average molecular weight is 418 g/mol. The Hall–Kier alpha value is -3.19. The summed E-state index contributed by atoms with van der Waals surface area (Å²) < 4.78 is 11.2. The molecule has 0 bridgehead atoms. The maximum atomic E-state index is 12.6. The third kappa shape index (κ3) is 3.93. The third-order valence-corrected chi connectivity index (χ3v) is 6.26. The van der Waals surface area contributed by atoms with Gasteiger partial charge in [-0.05, 0) is 50.2 Å². The predicted molar refractivity (Wildman–Crippen MR) is 115 cm³/mol. The van der Waals surface area contributed by atoms with Crippen molar-refractivity contribution in [2.24, 2.45) is 5.41 Å². The van der Waals surface area contributed by atoms with Crippen molar-refractivity contribution in [3.8, 4) is 17.2 Å². The molecule has 2 aliphatic rings. The lowest BCUT2D eigenvalue weighted by atomic mass is 9.77. The van der Waals surface area contributed by atoms with Crippen LogP contribution in [0.5, 0.6) is 5.75 Å². The molecular formula is C24H26N4O3. The Kier molecular flexibility index (Phi) is 4.98. The molecule has 7 heteroatoms. The van der Waals surface area contributed by atoms with Gasteiger partial charge in [0.05, 0.1) is 6.04 Å². The van der Waals surface area contributed by atoms with Crippen molar-refractivity contribution in [2.75, 3.05) is 33.3 Å². The molecular weight excluding hydrogens is 392 g/mol. The van der Waals surface area contributed by atoms with E-state index in [9.17, 15) is 4.79 Å². The first kappa shape index (κ1) is 19.8. The molecule has 1 amide bonds. The standard InChI is InChI=1S/C24H26N4O3/c1-17-7-6-10-19(11-17)30-13-21(29)28-15-24(16-28)12-20(27(2)14-24)22-25-23(31-26-22)18-8-4-3-5-9-18/h3-11,20H,12-16H2,1-2H3. The summed E-state index contributed by atoms with van der Waals surface area (Å²) in [5.41, 5.74) is 2.13. The molecule has 2 saturated heterocycles. The molecule has 5 rings (SSSR count). The van der Waals surface area contributed by atoms with Gasteiger partial charge in [-0.2, -0.15) is 4.98 Å². The fraction of sp³-hybridized carbons (Fsp3) is 0.375. The topological polar surface area (TPSA) is 71.7 Å². The SMILES string of the molecule is Cc1cccc(OCC(=O)N2CC3(CC(c4noc(-c5ccccc5)n4)N(C)C3)C2)c1. The van der Waals surface area contributed by atoms with Crippen LogP contribution in [-0.2, 0) is 4.79 Å². The van der Waals surface area contributed by atoms with Crippen molar-refractivity contribution in [2.45, 2.75) is 19.4 Å². The Morgan fingerprint density at radius 2 is 1.97 bits per heavy atom. The van der Waals surface area contributed by atoms with Crippen molar-refractivity contribution in [1.82, 2.24) is 19.9 Å². The zero-order chi connectivity index (χ0) is 21.4. The Labute approximate surface area is 181 Å². The van der Waals surface area contributed by atoms with Crippen molar-refractivity contribution in [1.29, 1.82) is 0 Å². The predicted octanol–water partition coefficient (Wildman–Crippen LogP) is 3.33. The van der Waals surface area contributed by atoms with E-state index < -0.39 is 0 Å². The average Bonchev–Trinajstić information content (AvgIpc) is 3.36. The van der Waals surface area contributed by atoms with Gasteiger partial charge in [0.2, 0.25) is 0 Å². The van der Waals surface area contributed by atoms with Gasteiger partial charge in [0, 0.05) is 30.6 Å². The first-order valence-corrected chi connectivity index (χ1v) is 10.6. The van der Waals surface area contributed by atoms with Gasteiger partial charge in [-0.1, -0.05) is 35.5 Å². The number of hydrogen-bond donors (Lipinski definition) is 0. The summed E-state index contributed by atoms with van der Waals surface area (Å²) in [6.45, 7) is 4.48. The highest BCUT2D eigenvalue weighted by molar-refractivity contribution is 5.78. The van der Waals surface area contributed by atoms with Crippen molar-refractivity contribution in [3.63, 3.8) is 0 Å². The molecule has 1 unspecified atom stereocenters. The molecule has 0 radical (unpaired) electrons. The minimum Gasteiger partial charge on any atom is -0.484 e. The molecule has 2 aromatic carbocycles. The summed E-state index contributed by atoms with van der Waals surface area (Å²) in [5, 5.41) is 4.24. The molecule has 0 aliphatic carbocycles. The van der Waals surface area contributed by atoms with E-state index in [4.69, 9.17) is 9.26 Å². The van der Waals surface area contributed by atoms with Gasteiger partial charge in [-0.25, -0.2) is 0 Å². The normalized spacial score (nSPS) is 20.1. The quantitative estimate of drug-likeness (QED) is 0.633. The second-order valence-corrected chi connectivity index (χ2v) is 8.81. The van der Waals surface area contributed by atoms with Crippen LogP contribution in [0.3, 0.4) is 0 Å². The zero-order valence-corrected chi connectivity index (χ0v) is 17.8. The zero-order valence-electron chi connectivity index (χ0n) is 17.8. The van der Waals surface area contributed by atoms with Crippen LogP contribution in [0.15, 0.2) is 59.1 Å². The highest BCUT2D eigenvalue weighted by Gasteiger charge is 2.53. The molecule has 7 nitrogen and oxygen atoms in total. The van der Waals surface area contributed by atoms with Crippen LogP contribution in [0.2, 0.25) is 0 Å². The summed E-state index contributed by atoms with van der Waals surface area (Å²) in [5.74, 6) is 2.02. The van der Waals surface area contributed by atoms with Crippen molar-refractivity contribution in [3.05, 3.63) is 66.0 Å². The number of carbonyl (C=O) groups is 1. The molecule has 2 aliphatic heterocycles. The highest BCUT2D eigenvalue weighted by atomic mass is 16.5. The van der Waals surface area contributed by atoms with E-state index in [1.807, 2.05) is 66.4 Å². The number of aromatic nitrogens is 2. The lowest BCUT2D eigenvalue weighted by molar-refractivity contribution is -0.144. The van der Waals surface area contributed by atoms with Gasteiger partial charge in [-0.15, -0.1) is 0 Å². The number of aryl methyl sites for hydroxylation is 1. The van der Waals surface area contributed by atoms with Crippen LogP contribution < -0.4 is 4.74 Å². The van der Waals surface area contributed by atoms with Gasteiger partial charge < -0.3 is 14.2 Å². The second-order valence-electron chi connectivity index (χ2n) is 8.81. The summed E-state index contributed by atoms with van der Waals surface area (Å²) in [6, 6.07) is 17.7. The van der Waals surface area contributed by atoms with Gasteiger partial charge in [0.25, 0.3) is 11.8 Å². The number of ether oxygens (including phenoxy) is 1. The molecule has 0 saturated carbocycles. The maximum Gasteiger partial charge on any atom is 0.260 e. The largest absolute Gasteiger partial charge is 0.484 e. The molecule has 1 spiro atoms. The minimum absolute atomic E-state index is 0.0316. The summed E-state index contributed by atoms with van der Waals surface area (Å²) in [7, 11) is 2.09. The van der Waals surface area contributed by atoms with Gasteiger partial charge in [0.15, 0.2) is 12.4 Å². The summed E-state index contributed by atoms with van der Waals surface area (Å²) in [6.07, 6.45) is 0.916. The number of likely N-dealkylation sites (tertiary alicyclic amines) is 2. The van der Waals surface area contributed by atoms with Crippen LogP contribution in [-0.4, -0.2) is 59.1 Å². The maximum absolute atomic E-state index is 12.6. The van der Waals surface area contributed by atoms with Crippen molar-refractivity contribution >= 4 is 5.91 Å². The number of hydrogen-bond acceptors (Lipinski definition) is 6. The first-order chi connectivity index (χ1) is 15.0. The molecule has 2 fully saturated rings. The third-order valence-electron chi connectivity index (χ3n) is 6.26. The van der Waals surface area contributed by atoms with Crippen LogP contribution >= 0.6 is 0 Å².